The van der Waals surface area contributed by atoms with Crippen molar-refractivity contribution >= 4 is 30.0 Å². The number of nitrogens with one attached hydrogen (secondary N) is 2. The summed E-state index contributed by atoms with van der Waals surface area (Å²) in [4.78, 5) is 52.7. The first-order valence-corrected chi connectivity index (χ1v) is 14.5. The third kappa shape index (κ3) is 7.27. The fourth-order valence-corrected chi connectivity index (χ4v) is 4.99. The van der Waals surface area contributed by atoms with E-state index >= 15 is 0 Å². The SMILES string of the molecule is Cc1noc(-c2ccc(-c3ccc(C4(C(=O)ON[C@H](C=O)CCC(=O)O)CC4)cc3)cc2)c1NC(=O)O[C@H](C)c1ccccc1. The Bertz CT molecular complexity index is 1660. The van der Waals surface area contributed by atoms with Crippen LogP contribution in [0.2, 0.25) is 0 Å². The van der Waals surface area contributed by atoms with Gasteiger partial charge < -0.3 is 24.0 Å². The Morgan fingerprint density at radius 3 is 2.20 bits per heavy atom. The van der Waals surface area contributed by atoms with Gasteiger partial charge in [0.2, 0.25) is 0 Å². The van der Waals surface area contributed by atoms with Crippen LogP contribution in [0.4, 0.5) is 10.5 Å². The number of aldehydes is 1. The van der Waals surface area contributed by atoms with E-state index in [1.165, 1.54) is 0 Å². The number of aryl methyl sites for hydroxylation is 1. The number of rotatable bonds is 13. The van der Waals surface area contributed by atoms with Crippen molar-refractivity contribution in [1.82, 2.24) is 10.6 Å². The van der Waals surface area contributed by atoms with E-state index in [2.05, 4.69) is 16.0 Å². The van der Waals surface area contributed by atoms with Gasteiger partial charge in [0.1, 0.15) is 23.8 Å². The summed E-state index contributed by atoms with van der Waals surface area (Å²) in [6, 6.07) is 23.7. The number of hydrogen-bond donors (Lipinski definition) is 3. The average Bonchev–Trinajstić information content (AvgIpc) is 3.79. The molecule has 1 aromatic heterocycles. The number of carbonyl (C=O) groups is 4. The zero-order chi connectivity index (χ0) is 32.0. The van der Waals surface area contributed by atoms with Crippen LogP contribution in [-0.2, 0) is 29.4 Å². The quantitative estimate of drug-likeness (QED) is 0.119. The first-order chi connectivity index (χ1) is 21.7. The maximum absolute atomic E-state index is 12.9. The lowest BCUT2D eigenvalue weighted by Gasteiger charge is -2.17. The number of carboxylic acid groups (broad SMARTS) is 1. The molecule has 3 aromatic carbocycles. The highest BCUT2D eigenvalue weighted by molar-refractivity contribution is 5.91. The van der Waals surface area contributed by atoms with E-state index in [0.29, 0.717) is 41.8 Å². The predicted molar refractivity (Wildman–Crippen MR) is 164 cm³/mol. The summed E-state index contributed by atoms with van der Waals surface area (Å²) in [5, 5.41) is 15.6. The fraction of sp³-hybridized carbons (Fsp3) is 0.265. The Hall–Kier alpha value is -5.29. The molecule has 0 unspecified atom stereocenters. The fourth-order valence-electron chi connectivity index (χ4n) is 4.99. The highest BCUT2D eigenvalue weighted by Crippen LogP contribution is 2.49. The molecule has 45 heavy (non-hydrogen) atoms. The molecule has 3 N–H and O–H groups in total. The summed E-state index contributed by atoms with van der Waals surface area (Å²) < 4.78 is 11.1. The first kappa shape index (κ1) is 31.1. The molecule has 1 saturated carbocycles. The highest BCUT2D eigenvalue weighted by Gasteiger charge is 2.53. The van der Waals surface area contributed by atoms with Crippen molar-refractivity contribution in [3.63, 3.8) is 0 Å². The lowest BCUT2D eigenvalue weighted by atomic mass is 9.93. The lowest BCUT2D eigenvalue weighted by molar-refractivity contribution is -0.156. The second-order valence-electron chi connectivity index (χ2n) is 11.0. The molecule has 1 amide bonds. The van der Waals surface area contributed by atoms with Gasteiger partial charge in [-0.15, -0.1) is 5.48 Å². The third-order valence-corrected chi connectivity index (χ3v) is 7.84. The summed E-state index contributed by atoms with van der Waals surface area (Å²) >= 11 is 0. The number of nitrogens with zero attached hydrogens (tertiary/aromatic N) is 1. The molecular formula is C34H33N3O8. The van der Waals surface area contributed by atoms with Gasteiger partial charge in [-0.1, -0.05) is 84.0 Å². The maximum Gasteiger partial charge on any atom is 0.412 e. The van der Waals surface area contributed by atoms with E-state index in [4.69, 9.17) is 19.2 Å². The Morgan fingerprint density at radius 1 is 0.978 bits per heavy atom. The van der Waals surface area contributed by atoms with E-state index in [1.807, 2.05) is 78.9 Å². The van der Waals surface area contributed by atoms with Gasteiger partial charge >= 0.3 is 18.0 Å². The van der Waals surface area contributed by atoms with Crippen LogP contribution in [0.3, 0.4) is 0 Å². The van der Waals surface area contributed by atoms with Crippen LogP contribution in [0.5, 0.6) is 0 Å². The molecule has 0 bridgehead atoms. The van der Waals surface area contributed by atoms with Crippen molar-refractivity contribution in [3.05, 3.63) is 95.7 Å². The largest absolute Gasteiger partial charge is 0.481 e. The second kappa shape index (κ2) is 13.6. The van der Waals surface area contributed by atoms with Crippen LogP contribution in [0.25, 0.3) is 22.5 Å². The van der Waals surface area contributed by atoms with E-state index in [0.717, 1.165) is 22.3 Å². The van der Waals surface area contributed by atoms with Crippen LogP contribution in [0.1, 0.15) is 55.5 Å². The van der Waals surface area contributed by atoms with Crippen molar-refractivity contribution in [2.45, 2.75) is 57.1 Å². The number of aromatic nitrogens is 1. The first-order valence-electron chi connectivity index (χ1n) is 14.5. The van der Waals surface area contributed by atoms with Gasteiger partial charge in [-0.25, -0.2) is 9.59 Å². The van der Waals surface area contributed by atoms with Gasteiger partial charge in [-0.3, -0.25) is 10.1 Å². The molecule has 0 spiro atoms. The van der Waals surface area contributed by atoms with Gasteiger partial charge in [-0.05, 0) is 55.4 Å². The normalized spacial score (nSPS) is 14.5. The molecule has 11 heteroatoms. The molecule has 1 aliphatic carbocycles. The Morgan fingerprint density at radius 2 is 1.60 bits per heavy atom. The maximum atomic E-state index is 12.9. The number of carbonyl (C=O) groups excluding carboxylic acids is 3. The van der Waals surface area contributed by atoms with Crippen molar-refractivity contribution in [1.29, 1.82) is 0 Å². The van der Waals surface area contributed by atoms with Crippen molar-refractivity contribution < 1.29 is 38.4 Å². The molecule has 0 aliphatic heterocycles. The van der Waals surface area contributed by atoms with Crippen molar-refractivity contribution in [2.24, 2.45) is 0 Å². The number of hydrogen-bond acceptors (Lipinski definition) is 9. The number of aliphatic carboxylic acids is 1. The molecule has 11 nitrogen and oxygen atoms in total. The number of ether oxygens (including phenoxy) is 1. The smallest absolute Gasteiger partial charge is 0.412 e. The summed E-state index contributed by atoms with van der Waals surface area (Å²) in [6.45, 7) is 3.53. The molecule has 0 radical (unpaired) electrons. The molecule has 0 saturated heterocycles. The molecular weight excluding hydrogens is 578 g/mol. The monoisotopic (exact) mass is 611 g/mol. The zero-order valence-corrected chi connectivity index (χ0v) is 24.8. The van der Waals surface area contributed by atoms with E-state index in [9.17, 15) is 19.2 Å². The van der Waals surface area contributed by atoms with E-state index in [1.54, 1.807) is 13.8 Å². The molecule has 1 heterocycles. The average molecular weight is 612 g/mol. The summed E-state index contributed by atoms with van der Waals surface area (Å²) in [7, 11) is 0. The standard InChI is InChI=1S/C34H33N3O8/c1-21-30(35-33(42)43-22(2)23-6-4-3-5-7-23)31(44-36-21)26-10-8-24(9-11-26)25-12-14-27(15-13-25)34(18-19-34)32(41)45-37-28(20-38)16-17-29(39)40/h3-15,20,22,28,37H,16-19H2,1-2H3,(H,35,42)(H,39,40)/t22-,28+/m1/s1. The Labute approximate surface area is 259 Å². The minimum Gasteiger partial charge on any atom is -0.481 e. The minimum atomic E-state index is -1.04. The van der Waals surface area contributed by atoms with E-state index in [-0.39, 0.29) is 12.8 Å². The topological polar surface area (TPSA) is 157 Å². The zero-order valence-electron chi connectivity index (χ0n) is 24.8. The number of carboxylic acids is 1. The highest BCUT2D eigenvalue weighted by atomic mass is 16.7. The number of anilines is 1. The number of hydroxylamine groups is 1. The third-order valence-electron chi connectivity index (χ3n) is 7.84. The van der Waals surface area contributed by atoms with Gasteiger partial charge in [0, 0.05) is 12.0 Å². The van der Waals surface area contributed by atoms with Crippen LogP contribution >= 0.6 is 0 Å². The molecule has 2 atom stereocenters. The lowest BCUT2D eigenvalue weighted by Crippen LogP contribution is -2.37. The molecule has 4 aromatic rings. The molecule has 1 aliphatic rings. The van der Waals surface area contributed by atoms with E-state index < -0.39 is 35.6 Å². The van der Waals surface area contributed by atoms with Crippen LogP contribution in [0, 0.1) is 6.92 Å². The Balaban J connectivity index is 1.22. The number of benzene rings is 3. The molecule has 1 fully saturated rings. The summed E-state index contributed by atoms with van der Waals surface area (Å²) in [5.41, 5.74) is 6.77. The van der Waals surface area contributed by atoms with Gasteiger partial charge in [0.15, 0.2) is 5.76 Å². The molecule has 232 valence electrons. The minimum absolute atomic E-state index is 0.0149. The molecule has 5 rings (SSSR count). The summed E-state index contributed by atoms with van der Waals surface area (Å²) in [6.07, 6.45) is 0.468. The Kier molecular flexibility index (Phi) is 9.39. The van der Waals surface area contributed by atoms with Gasteiger partial charge in [0.05, 0.1) is 11.5 Å². The van der Waals surface area contributed by atoms with Crippen LogP contribution < -0.4 is 10.8 Å². The van der Waals surface area contributed by atoms with Crippen molar-refractivity contribution in [3.8, 4) is 22.5 Å². The van der Waals surface area contributed by atoms with Gasteiger partial charge in [-0.2, -0.15) is 0 Å². The van der Waals surface area contributed by atoms with Crippen LogP contribution in [-0.4, -0.2) is 40.6 Å². The van der Waals surface area contributed by atoms with Gasteiger partial charge in [0.25, 0.3) is 0 Å². The second-order valence-corrected chi connectivity index (χ2v) is 11.0. The number of amides is 1. The summed E-state index contributed by atoms with van der Waals surface area (Å²) in [5.74, 6) is -1.14. The van der Waals surface area contributed by atoms with Crippen LogP contribution in [0.15, 0.2) is 83.4 Å². The predicted octanol–water partition coefficient (Wildman–Crippen LogP) is 6.14. The van der Waals surface area contributed by atoms with Crippen molar-refractivity contribution in [2.75, 3.05) is 5.32 Å².